The number of aliphatic hydroxyl groups is 3. The first-order valence-corrected chi connectivity index (χ1v) is 6.77. The largest absolute Gasteiger partial charge is 0.394 e. The van der Waals surface area contributed by atoms with Gasteiger partial charge in [-0.15, -0.1) is 0 Å². The summed E-state index contributed by atoms with van der Waals surface area (Å²) >= 11 is 2.96. The van der Waals surface area contributed by atoms with Gasteiger partial charge in [0.25, 0.3) is 0 Å². The summed E-state index contributed by atoms with van der Waals surface area (Å²) in [6, 6.07) is -1.00. The molecule has 1 aliphatic heterocycles. The molecule has 1 rings (SSSR count). The van der Waals surface area contributed by atoms with Gasteiger partial charge >= 0.3 is 0 Å². The number of rotatable bonds is 4. The third-order valence-electron chi connectivity index (χ3n) is 2.72. The van der Waals surface area contributed by atoms with Crippen molar-refractivity contribution < 1.29 is 29.6 Å². The van der Waals surface area contributed by atoms with Crippen LogP contribution in [0.15, 0.2) is 0 Å². The number of hydrogen-bond donors (Lipinski definition) is 5. The van der Waals surface area contributed by atoms with Crippen LogP contribution >= 0.6 is 15.9 Å². The summed E-state index contributed by atoms with van der Waals surface area (Å²) in [5.74, 6) is -0.860. The Morgan fingerprint density at radius 1 is 1.26 bits per heavy atom. The standard InChI is InChI=1S/C10H17BrN2O6/c1-4(15)12-7-9(18)8(17)5(3-14)19-10(7)13-6(16)2-11/h5,7-10,14,17-18H,2-3H2,1H3,(H,12,15)(H,13,16)/t5-,7-,8-,9-,10-/m1/s1. The van der Waals surface area contributed by atoms with Gasteiger partial charge in [0.2, 0.25) is 11.8 Å². The number of ether oxygens (including phenoxy) is 1. The molecular weight excluding hydrogens is 324 g/mol. The van der Waals surface area contributed by atoms with Crippen molar-refractivity contribution in [1.82, 2.24) is 10.6 Å². The highest BCUT2D eigenvalue weighted by atomic mass is 79.9. The van der Waals surface area contributed by atoms with Crippen LogP contribution in [0.5, 0.6) is 0 Å². The molecular formula is C10H17BrN2O6. The molecule has 2 amide bonds. The minimum Gasteiger partial charge on any atom is -0.394 e. The summed E-state index contributed by atoms with van der Waals surface area (Å²) in [5, 5.41) is 33.5. The highest BCUT2D eigenvalue weighted by molar-refractivity contribution is 9.09. The summed E-state index contributed by atoms with van der Waals surface area (Å²) < 4.78 is 5.28. The van der Waals surface area contributed by atoms with Crippen LogP contribution in [0.2, 0.25) is 0 Å². The maximum Gasteiger partial charge on any atom is 0.232 e. The Labute approximate surface area is 118 Å². The third-order valence-corrected chi connectivity index (χ3v) is 3.23. The number of aliphatic hydroxyl groups excluding tert-OH is 3. The second kappa shape index (κ2) is 7.15. The Morgan fingerprint density at radius 3 is 2.37 bits per heavy atom. The average Bonchev–Trinajstić information content (AvgIpc) is 2.37. The Hall–Kier alpha value is -0.740. The molecule has 0 bridgehead atoms. The Kier molecular flexibility index (Phi) is 6.14. The van der Waals surface area contributed by atoms with Gasteiger partial charge in [0.1, 0.15) is 24.4 Å². The third kappa shape index (κ3) is 4.11. The molecule has 5 N–H and O–H groups in total. The van der Waals surface area contributed by atoms with E-state index in [9.17, 15) is 19.8 Å². The van der Waals surface area contributed by atoms with E-state index in [1.54, 1.807) is 0 Å². The topological polar surface area (TPSA) is 128 Å². The molecule has 5 atom stereocenters. The molecule has 0 aromatic carbocycles. The van der Waals surface area contributed by atoms with E-state index in [1.165, 1.54) is 6.92 Å². The zero-order chi connectivity index (χ0) is 14.6. The van der Waals surface area contributed by atoms with E-state index >= 15 is 0 Å². The number of hydrogen-bond acceptors (Lipinski definition) is 6. The van der Waals surface area contributed by atoms with Crippen molar-refractivity contribution in [3.63, 3.8) is 0 Å². The fourth-order valence-electron chi connectivity index (χ4n) is 1.83. The minimum atomic E-state index is -1.37. The molecule has 1 aliphatic rings. The van der Waals surface area contributed by atoms with Gasteiger partial charge in [-0.2, -0.15) is 0 Å². The molecule has 1 fully saturated rings. The maximum atomic E-state index is 11.3. The second-order valence-corrected chi connectivity index (χ2v) is 4.75. The van der Waals surface area contributed by atoms with E-state index in [4.69, 9.17) is 9.84 Å². The second-order valence-electron chi connectivity index (χ2n) is 4.19. The van der Waals surface area contributed by atoms with Gasteiger partial charge in [-0.1, -0.05) is 15.9 Å². The molecule has 0 aliphatic carbocycles. The fraction of sp³-hybridized carbons (Fsp3) is 0.800. The number of carbonyl (C=O) groups excluding carboxylic acids is 2. The molecule has 110 valence electrons. The predicted octanol–water partition coefficient (Wildman–Crippen LogP) is -2.56. The van der Waals surface area contributed by atoms with E-state index in [0.717, 1.165) is 0 Å². The van der Waals surface area contributed by atoms with Crippen LogP contribution in [0.3, 0.4) is 0 Å². The van der Waals surface area contributed by atoms with Gasteiger partial charge in [0.15, 0.2) is 6.23 Å². The number of halogens is 1. The quantitative estimate of drug-likeness (QED) is 0.358. The molecule has 0 aromatic heterocycles. The van der Waals surface area contributed by atoms with Crippen molar-refractivity contribution >= 4 is 27.7 Å². The van der Waals surface area contributed by atoms with Crippen LogP contribution in [0.25, 0.3) is 0 Å². The van der Waals surface area contributed by atoms with Crippen molar-refractivity contribution in [2.75, 3.05) is 11.9 Å². The zero-order valence-electron chi connectivity index (χ0n) is 10.2. The summed E-state index contributed by atoms with van der Waals surface area (Å²) in [7, 11) is 0. The summed E-state index contributed by atoms with van der Waals surface area (Å²) in [4.78, 5) is 22.4. The molecule has 0 saturated carbocycles. The normalized spacial score (nSPS) is 34.7. The Bertz CT molecular complexity index is 342. The highest BCUT2D eigenvalue weighted by Crippen LogP contribution is 2.20. The van der Waals surface area contributed by atoms with Crippen molar-refractivity contribution in [1.29, 1.82) is 0 Å². The van der Waals surface area contributed by atoms with E-state index < -0.39 is 49.0 Å². The first kappa shape index (κ1) is 16.3. The van der Waals surface area contributed by atoms with Gasteiger partial charge in [-0.25, -0.2) is 0 Å². The maximum absolute atomic E-state index is 11.3. The van der Waals surface area contributed by atoms with Crippen molar-refractivity contribution in [2.24, 2.45) is 0 Å². The Morgan fingerprint density at radius 2 is 1.89 bits per heavy atom. The molecule has 0 radical (unpaired) electrons. The molecule has 0 spiro atoms. The summed E-state index contributed by atoms with van der Waals surface area (Å²) in [6.07, 6.45) is -4.81. The fourth-order valence-corrected chi connectivity index (χ4v) is 1.99. The van der Waals surface area contributed by atoms with E-state index in [2.05, 4.69) is 26.6 Å². The Balaban J connectivity index is 2.86. The van der Waals surface area contributed by atoms with Crippen molar-refractivity contribution in [3.8, 4) is 0 Å². The van der Waals surface area contributed by atoms with Crippen LogP contribution in [0, 0.1) is 0 Å². The van der Waals surface area contributed by atoms with Gasteiger partial charge in [-0.3, -0.25) is 9.59 Å². The number of amides is 2. The number of carbonyl (C=O) groups is 2. The molecule has 1 saturated heterocycles. The average molecular weight is 341 g/mol. The van der Waals surface area contributed by atoms with Crippen LogP contribution in [0.1, 0.15) is 6.92 Å². The van der Waals surface area contributed by atoms with E-state index in [-0.39, 0.29) is 5.33 Å². The smallest absolute Gasteiger partial charge is 0.232 e. The highest BCUT2D eigenvalue weighted by Gasteiger charge is 2.45. The summed E-state index contributed by atoms with van der Waals surface area (Å²) in [5.41, 5.74) is 0. The molecule has 9 heteroatoms. The SMILES string of the molecule is CC(=O)N[C@@H]1[C@@H](O)[C@H](O)[C@@H](CO)O[C@H]1NC(=O)CBr. The van der Waals surface area contributed by atoms with Gasteiger partial charge in [0.05, 0.1) is 11.9 Å². The molecule has 1 heterocycles. The molecule has 8 nitrogen and oxygen atoms in total. The van der Waals surface area contributed by atoms with Crippen LogP contribution in [-0.2, 0) is 14.3 Å². The summed E-state index contributed by atoms with van der Waals surface area (Å²) in [6.45, 7) is 0.715. The van der Waals surface area contributed by atoms with Crippen molar-refractivity contribution in [3.05, 3.63) is 0 Å². The lowest BCUT2D eigenvalue weighted by Gasteiger charge is -2.42. The first-order chi connectivity index (χ1) is 8.90. The monoisotopic (exact) mass is 340 g/mol. The lowest BCUT2D eigenvalue weighted by Crippen LogP contribution is -2.68. The van der Waals surface area contributed by atoms with Crippen LogP contribution < -0.4 is 10.6 Å². The molecule has 19 heavy (non-hydrogen) atoms. The van der Waals surface area contributed by atoms with Gasteiger partial charge in [0, 0.05) is 6.92 Å². The predicted molar refractivity (Wildman–Crippen MR) is 67.3 cm³/mol. The van der Waals surface area contributed by atoms with Gasteiger partial charge in [-0.05, 0) is 0 Å². The van der Waals surface area contributed by atoms with Gasteiger partial charge < -0.3 is 30.7 Å². The van der Waals surface area contributed by atoms with Crippen LogP contribution in [-0.4, -0.2) is 69.7 Å². The lowest BCUT2D eigenvalue weighted by molar-refractivity contribution is -0.202. The first-order valence-electron chi connectivity index (χ1n) is 5.65. The molecule has 0 unspecified atom stereocenters. The van der Waals surface area contributed by atoms with Crippen LogP contribution in [0.4, 0.5) is 0 Å². The minimum absolute atomic E-state index is 0.0160. The lowest BCUT2D eigenvalue weighted by atomic mass is 9.96. The molecule has 0 aromatic rings. The van der Waals surface area contributed by atoms with E-state index in [0.29, 0.717) is 0 Å². The van der Waals surface area contributed by atoms with Crippen molar-refractivity contribution in [2.45, 2.75) is 37.5 Å². The van der Waals surface area contributed by atoms with E-state index in [1.807, 2.05) is 0 Å². The number of alkyl halides is 1. The zero-order valence-corrected chi connectivity index (χ0v) is 11.8. The number of nitrogens with one attached hydrogen (secondary N) is 2.